The summed E-state index contributed by atoms with van der Waals surface area (Å²) in [6.07, 6.45) is 10.5. The van der Waals surface area contributed by atoms with E-state index in [0.29, 0.717) is 11.3 Å². The van der Waals surface area contributed by atoms with Crippen LogP contribution in [0.1, 0.15) is 51.4 Å². The Morgan fingerprint density at radius 3 is 2.45 bits per heavy atom. The summed E-state index contributed by atoms with van der Waals surface area (Å²) in [5, 5.41) is 3.31. The number of hydrogen-bond acceptors (Lipinski definition) is 3. The molecule has 2 unspecified atom stereocenters. The lowest BCUT2D eigenvalue weighted by molar-refractivity contribution is -0.136. The van der Waals surface area contributed by atoms with E-state index in [1.54, 1.807) is 7.11 Å². The van der Waals surface area contributed by atoms with Crippen LogP contribution >= 0.6 is 0 Å². The molecular formula is C16H28N2O2. The van der Waals surface area contributed by atoms with Crippen LogP contribution in [0.3, 0.4) is 0 Å². The minimum atomic E-state index is -0.0136. The molecule has 1 N–H and O–H groups in total. The molecule has 114 valence electrons. The summed E-state index contributed by atoms with van der Waals surface area (Å²) in [6, 6.07) is -0.0136. The van der Waals surface area contributed by atoms with Crippen molar-refractivity contribution >= 4 is 5.91 Å². The smallest absolute Gasteiger partial charge is 0.239 e. The predicted molar refractivity (Wildman–Crippen MR) is 78.5 cm³/mol. The van der Waals surface area contributed by atoms with Gasteiger partial charge in [0.25, 0.3) is 0 Å². The number of carbonyl (C=O) groups excluding carboxylic acids is 1. The Bertz CT molecular complexity index is 342. The molecule has 20 heavy (non-hydrogen) atoms. The summed E-state index contributed by atoms with van der Waals surface area (Å²) >= 11 is 0. The fourth-order valence-electron chi connectivity index (χ4n) is 4.29. The zero-order chi connectivity index (χ0) is 14.0. The van der Waals surface area contributed by atoms with Crippen LogP contribution in [-0.4, -0.2) is 49.7 Å². The van der Waals surface area contributed by atoms with E-state index in [2.05, 4.69) is 10.2 Å². The van der Waals surface area contributed by atoms with E-state index < -0.39 is 0 Å². The van der Waals surface area contributed by atoms with Crippen LogP contribution in [0.4, 0.5) is 0 Å². The fourth-order valence-corrected chi connectivity index (χ4v) is 4.29. The highest BCUT2D eigenvalue weighted by Crippen LogP contribution is 2.44. The van der Waals surface area contributed by atoms with Crippen molar-refractivity contribution in [2.75, 3.05) is 26.7 Å². The monoisotopic (exact) mass is 280 g/mol. The van der Waals surface area contributed by atoms with Crippen molar-refractivity contribution in [1.82, 2.24) is 10.2 Å². The first kappa shape index (κ1) is 14.3. The van der Waals surface area contributed by atoms with Crippen LogP contribution in [0.5, 0.6) is 0 Å². The Labute approximate surface area is 122 Å². The second-order valence-electron chi connectivity index (χ2n) is 6.94. The summed E-state index contributed by atoms with van der Waals surface area (Å²) in [6.45, 7) is 2.74. The molecule has 2 heterocycles. The van der Waals surface area contributed by atoms with E-state index in [-0.39, 0.29) is 12.1 Å². The minimum absolute atomic E-state index is 0.0136. The van der Waals surface area contributed by atoms with Gasteiger partial charge in [-0.3, -0.25) is 4.79 Å². The average Bonchev–Trinajstić information content (AvgIpc) is 2.97. The Morgan fingerprint density at radius 1 is 1.15 bits per heavy atom. The lowest BCUT2D eigenvalue weighted by atomic mass is 9.68. The van der Waals surface area contributed by atoms with Gasteiger partial charge in [-0.15, -0.1) is 0 Å². The van der Waals surface area contributed by atoms with Gasteiger partial charge in [0.2, 0.25) is 5.91 Å². The number of hydrogen-bond donors (Lipinski definition) is 1. The maximum absolute atomic E-state index is 12.5. The number of nitrogens with zero attached hydrogens (tertiary/aromatic N) is 1. The summed E-state index contributed by atoms with van der Waals surface area (Å²) < 4.78 is 5.34. The Kier molecular flexibility index (Phi) is 4.32. The van der Waals surface area contributed by atoms with Crippen LogP contribution in [0.25, 0.3) is 0 Å². The third-order valence-electron chi connectivity index (χ3n) is 5.77. The van der Waals surface area contributed by atoms with Crippen LogP contribution < -0.4 is 5.32 Å². The largest absolute Gasteiger partial charge is 0.380 e. The molecule has 0 aromatic carbocycles. The van der Waals surface area contributed by atoms with Crippen molar-refractivity contribution < 1.29 is 9.53 Å². The van der Waals surface area contributed by atoms with E-state index >= 15 is 0 Å². The molecule has 4 nitrogen and oxygen atoms in total. The standard InChI is InChI=1S/C16H28N2O2/c1-20-13-11-14(17-12-13)15(19)18-9-7-16(8-10-18)5-3-2-4-6-16/h13-14,17H,2-12H2,1H3. The van der Waals surface area contributed by atoms with Gasteiger partial charge in [0.1, 0.15) is 0 Å². The molecule has 0 aromatic heterocycles. The molecule has 1 amide bonds. The molecular weight excluding hydrogens is 252 g/mol. The van der Waals surface area contributed by atoms with Crippen LogP contribution in [-0.2, 0) is 9.53 Å². The Balaban J connectivity index is 1.51. The van der Waals surface area contributed by atoms with Gasteiger partial charge in [0, 0.05) is 26.7 Å². The summed E-state index contributed by atoms with van der Waals surface area (Å²) in [5.41, 5.74) is 0.577. The van der Waals surface area contributed by atoms with Gasteiger partial charge in [-0.05, 0) is 37.5 Å². The van der Waals surface area contributed by atoms with Crippen LogP contribution in [0.2, 0.25) is 0 Å². The molecule has 2 aliphatic heterocycles. The number of methoxy groups -OCH3 is 1. The van der Waals surface area contributed by atoms with Gasteiger partial charge < -0.3 is 15.0 Å². The Morgan fingerprint density at radius 2 is 1.85 bits per heavy atom. The van der Waals surface area contributed by atoms with E-state index in [4.69, 9.17) is 4.74 Å². The highest BCUT2D eigenvalue weighted by atomic mass is 16.5. The molecule has 0 bridgehead atoms. The normalized spacial score (nSPS) is 33.5. The Hall–Kier alpha value is -0.610. The number of nitrogens with one attached hydrogen (secondary N) is 1. The van der Waals surface area contributed by atoms with Gasteiger partial charge in [-0.1, -0.05) is 19.3 Å². The molecule has 3 rings (SSSR count). The molecule has 1 saturated carbocycles. The lowest BCUT2D eigenvalue weighted by Gasteiger charge is -2.44. The first-order valence-electron chi connectivity index (χ1n) is 8.27. The first-order valence-corrected chi connectivity index (χ1v) is 8.27. The van der Waals surface area contributed by atoms with E-state index in [9.17, 15) is 4.79 Å². The number of piperidine rings is 1. The van der Waals surface area contributed by atoms with Crippen LogP contribution in [0.15, 0.2) is 0 Å². The van der Waals surface area contributed by atoms with Crippen molar-refractivity contribution in [1.29, 1.82) is 0 Å². The highest BCUT2D eigenvalue weighted by molar-refractivity contribution is 5.82. The number of amides is 1. The maximum atomic E-state index is 12.5. The second-order valence-corrected chi connectivity index (χ2v) is 6.94. The molecule has 3 aliphatic rings. The number of rotatable bonds is 2. The zero-order valence-electron chi connectivity index (χ0n) is 12.7. The number of ether oxygens (including phenoxy) is 1. The lowest BCUT2D eigenvalue weighted by Crippen LogP contribution is -2.49. The SMILES string of the molecule is COC1CNC(C(=O)N2CCC3(CCCCC3)CC2)C1. The minimum Gasteiger partial charge on any atom is -0.380 e. The predicted octanol–water partition coefficient (Wildman–Crippen LogP) is 1.94. The molecule has 0 radical (unpaired) electrons. The van der Waals surface area contributed by atoms with Gasteiger partial charge in [0.05, 0.1) is 12.1 Å². The van der Waals surface area contributed by atoms with E-state index in [1.165, 1.54) is 44.9 Å². The second kappa shape index (κ2) is 6.02. The molecule has 4 heteroatoms. The molecule has 1 spiro atoms. The third kappa shape index (κ3) is 2.86. The highest BCUT2D eigenvalue weighted by Gasteiger charge is 2.39. The zero-order valence-corrected chi connectivity index (χ0v) is 12.7. The topological polar surface area (TPSA) is 41.6 Å². The summed E-state index contributed by atoms with van der Waals surface area (Å²) in [7, 11) is 1.73. The molecule has 2 atom stereocenters. The first-order chi connectivity index (χ1) is 9.72. The van der Waals surface area contributed by atoms with E-state index in [1.807, 2.05) is 0 Å². The van der Waals surface area contributed by atoms with Gasteiger partial charge in [-0.25, -0.2) is 0 Å². The summed E-state index contributed by atoms with van der Waals surface area (Å²) in [5.74, 6) is 0.301. The molecule has 2 saturated heterocycles. The maximum Gasteiger partial charge on any atom is 0.239 e. The van der Waals surface area contributed by atoms with E-state index in [0.717, 1.165) is 26.1 Å². The van der Waals surface area contributed by atoms with Crippen molar-refractivity contribution in [3.05, 3.63) is 0 Å². The molecule has 1 aliphatic carbocycles. The third-order valence-corrected chi connectivity index (χ3v) is 5.77. The average molecular weight is 280 g/mol. The van der Waals surface area contributed by atoms with Gasteiger partial charge >= 0.3 is 0 Å². The number of carbonyl (C=O) groups is 1. The number of likely N-dealkylation sites (tertiary alicyclic amines) is 1. The van der Waals surface area contributed by atoms with Crippen molar-refractivity contribution in [3.8, 4) is 0 Å². The van der Waals surface area contributed by atoms with Gasteiger partial charge in [-0.2, -0.15) is 0 Å². The molecule has 0 aromatic rings. The molecule has 3 fully saturated rings. The van der Waals surface area contributed by atoms with Gasteiger partial charge in [0.15, 0.2) is 0 Å². The van der Waals surface area contributed by atoms with Crippen molar-refractivity contribution in [2.24, 2.45) is 5.41 Å². The van der Waals surface area contributed by atoms with Crippen LogP contribution in [0, 0.1) is 5.41 Å². The van der Waals surface area contributed by atoms with Crippen molar-refractivity contribution in [2.45, 2.75) is 63.5 Å². The quantitative estimate of drug-likeness (QED) is 0.840. The van der Waals surface area contributed by atoms with Crippen molar-refractivity contribution in [3.63, 3.8) is 0 Å². The summed E-state index contributed by atoms with van der Waals surface area (Å²) in [4.78, 5) is 14.6. The fraction of sp³-hybridized carbons (Fsp3) is 0.938.